The summed E-state index contributed by atoms with van der Waals surface area (Å²) in [5.74, 6) is 0.797. The number of hydrogen-bond donors (Lipinski definition) is 2. The number of nitrogens with one attached hydrogen (secondary N) is 2. The van der Waals surface area contributed by atoms with Crippen molar-refractivity contribution < 1.29 is 4.79 Å². The zero-order valence-electron chi connectivity index (χ0n) is 11.1. The molecule has 0 atom stereocenters. The van der Waals surface area contributed by atoms with Gasteiger partial charge in [0.05, 0.1) is 0 Å². The molecule has 5 nitrogen and oxygen atoms in total. The third-order valence-electron chi connectivity index (χ3n) is 2.55. The molecule has 0 bridgehead atoms. The molecule has 0 aliphatic heterocycles. The maximum Gasteiger partial charge on any atom is 0.291 e. The second-order valence-corrected chi connectivity index (χ2v) is 4.94. The highest BCUT2D eigenvalue weighted by Gasteiger charge is 2.22. The first-order chi connectivity index (χ1) is 7.98. The van der Waals surface area contributed by atoms with Crippen molar-refractivity contribution in [2.75, 3.05) is 0 Å². The van der Waals surface area contributed by atoms with Crippen molar-refractivity contribution in [3.8, 4) is 0 Å². The van der Waals surface area contributed by atoms with Crippen LogP contribution in [-0.4, -0.2) is 26.6 Å². The number of aryl methyl sites for hydroxylation is 1. The van der Waals surface area contributed by atoms with Crippen LogP contribution in [0.2, 0.25) is 0 Å². The summed E-state index contributed by atoms with van der Waals surface area (Å²) in [7, 11) is 0. The van der Waals surface area contributed by atoms with E-state index in [0.717, 1.165) is 31.5 Å². The first-order valence-electron chi connectivity index (χ1n) is 6.22. The topological polar surface area (TPSA) is 70.7 Å². The molecule has 0 aliphatic carbocycles. The number of rotatable bonds is 6. The van der Waals surface area contributed by atoms with E-state index in [9.17, 15) is 4.79 Å². The second kappa shape index (κ2) is 5.80. The third-order valence-corrected chi connectivity index (χ3v) is 2.55. The molecule has 96 valence electrons. The number of nitrogens with zero attached hydrogens (tertiary/aromatic N) is 2. The average molecular weight is 238 g/mol. The Hall–Kier alpha value is -1.39. The molecule has 0 saturated heterocycles. The highest BCUT2D eigenvalue weighted by atomic mass is 16.2. The molecule has 1 amide bonds. The van der Waals surface area contributed by atoms with Gasteiger partial charge in [-0.25, -0.2) is 4.98 Å². The molecule has 0 saturated carbocycles. The van der Waals surface area contributed by atoms with Gasteiger partial charge in [0.2, 0.25) is 5.82 Å². The minimum Gasteiger partial charge on any atom is -0.344 e. The van der Waals surface area contributed by atoms with E-state index in [1.165, 1.54) is 0 Å². The third kappa shape index (κ3) is 4.17. The van der Waals surface area contributed by atoms with Gasteiger partial charge in [-0.15, -0.1) is 5.10 Å². The van der Waals surface area contributed by atoms with Gasteiger partial charge >= 0.3 is 0 Å². The minimum atomic E-state index is -0.211. The maximum atomic E-state index is 11.9. The fraction of sp³-hybridized carbons (Fsp3) is 0.750. The van der Waals surface area contributed by atoms with Crippen molar-refractivity contribution in [3.63, 3.8) is 0 Å². The van der Waals surface area contributed by atoms with E-state index < -0.39 is 0 Å². The van der Waals surface area contributed by atoms with Gasteiger partial charge in [0, 0.05) is 12.0 Å². The zero-order chi connectivity index (χ0) is 12.9. The normalized spacial score (nSPS) is 11.5. The number of H-pyrrole nitrogens is 1. The lowest BCUT2D eigenvalue weighted by Crippen LogP contribution is -2.43. The molecular weight excluding hydrogens is 216 g/mol. The summed E-state index contributed by atoms with van der Waals surface area (Å²) in [6.45, 7) is 8.18. The van der Waals surface area contributed by atoms with Gasteiger partial charge in [-0.1, -0.05) is 20.3 Å². The van der Waals surface area contributed by atoms with Crippen LogP contribution in [0.3, 0.4) is 0 Å². The summed E-state index contributed by atoms with van der Waals surface area (Å²) in [5, 5.41) is 9.66. The Morgan fingerprint density at radius 2 is 2.06 bits per heavy atom. The van der Waals surface area contributed by atoms with Crippen LogP contribution in [-0.2, 0) is 6.42 Å². The van der Waals surface area contributed by atoms with Crippen LogP contribution in [0.15, 0.2) is 0 Å². The largest absolute Gasteiger partial charge is 0.344 e. The highest BCUT2D eigenvalue weighted by molar-refractivity contribution is 5.90. The van der Waals surface area contributed by atoms with E-state index in [1.54, 1.807) is 0 Å². The zero-order valence-corrected chi connectivity index (χ0v) is 11.1. The van der Waals surface area contributed by atoms with Crippen LogP contribution < -0.4 is 5.32 Å². The van der Waals surface area contributed by atoms with Gasteiger partial charge < -0.3 is 5.32 Å². The van der Waals surface area contributed by atoms with E-state index >= 15 is 0 Å². The number of amides is 1. The van der Waals surface area contributed by atoms with Crippen molar-refractivity contribution >= 4 is 5.91 Å². The van der Waals surface area contributed by atoms with Crippen LogP contribution in [0.4, 0.5) is 0 Å². The lowest BCUT2D eigenvalue weighted by Gasteiger charge is -2.24. The quantitative estimate of drug-likeness (QED) is 0.797. The Kier molecular flexibility index (Phi) is 4.66. The standard InChI is InChI=1S/C12H22N4O/c1-5-7-9-13-10(16-15-9)11(17)14-12(3,4)8-6-2/h5-8H2,1-4H3,(H,14,17)(H,13,15,16). The Balaban J connectivity index is 2.63. The number of aromatic nitrogens is 3. The molecular formula is C12H22N4O. The summed E-state index contributed by atoms with van der Waals surface area (Å²) in [6.07, 6.45) is 3.77. The van der Waals surface area contributed by atoms with Crippen molar-refractivity contribution in [1.29, 1.82) is 0 Å². The molecule has 0 radical (unpaired) electrons. The summed E-state index contributed by atoms with van der Waals surface area (Å²) < 4.78 is 0. The van der Waals surface area contributed by atoms with E-state index in [1.807, 2.05) is 13.8 Å². The molecule has 0 spiro atoms. The monoisotopic (exact) mass is 238 g/mol. The van der Waals surface area contributed by atoms with Gasteiger partial charge in [0.15, 0.2) is 0 Å². The number of carbonyl (C=O) groups excluding carboxylic acids is 1. The van der Waals surface area contributed by atoms with E-state index in [0.29, 0.717) is 0 Å². The predicted molar refractivity (Wildman–Crippen MR) is 66.8 cm³/mol. The van der Waals surface area contributed by atoms with Crippen LogP contribution >= 0.6 is 0 Å². The van der Waals surface area contributed by atoms with E-state index in [-0.39, 0.29) is 17.3 Å². The van der Waals surface area contributed by atoms with Crippen LogP contribution in [0.5, 0.6) is 0 Å². The average Bonchev–Trinajstić information content (AvgIpc) is 2.66. The lowest BCUT2D eigenvalue weighted by molar-refractivity contribution is 0.0898. The summed E-state index contributed by atoms with van der Waals surface area (Å²) >= 11 is 0. The highest BCUT2D eigenvalue weighted by Crippen LogP contribution is 2.11. The fourth-order valence-electron chi connectivity index (χ4n) is 1.80. The van der Waals surface area contributed by atoms with E-state index in [4.69, 9.17) is 0 Å². The minimum absolute atomic E-state index is 0.206. The summed E-state index contributed by atoms with van der Waals surface area (Å²) in [6, 6.07) is 0. The van der Waals surface area contributed by atoms with Gasteiger partial charge in [-0.2, -0.15) is 0 Å². The maximum absolute atomic E-state index is 11.9. The van der Waals surface area contributed by atoms with Gasteiger partial charge in [-0.05, 0) is 26.7 Å². The molecule has 2 N–H and O–H groups in total. The first-order valence-corrected chi connectivity index (χ1v) is 6.22. The molecule has 5 heteroatoms. The Morgan fingerprint density at radius 1 is 1.35 bits per heavy atom. The Bertz CT molecular complexity index is 370. The molecule has 1 heterocycles. The van der Waals surface area contributed by atoms with E-state index in [2.05, 4.69) is 34.3 Å². The number of aromatic amines is 1. The first kappa shape index (κ1) is 13.7. The number of carbonyl (C=O) groups is 1. The predicted octanol–water partition coefficient (Wildman–Crippen LogP) is 2.07. The van der Waals surface area contributed by atoms with Crippen molar-refractivity contribution in [2.45, 2.75) is 58.9 Å². The second-order valence-electron chi connectivity index (χ2n) is 4.94. The van der Waals surface area contributed by atoms with Gasteiger partial charge in [0.1, 0.15) is 5.82 Å². The molecule has 0 aliphatic rings. The molecule has 0 unspecified atom stereocenters. The summed E-state index contributed by atoms with van der Waals surface area (Å²) in [5.41, 5.74) is -0.211. The lowest BCUT2D eigenvalue weighted by atomic mass is 9.99. The Morgan fingerprint density at radius 3 is 2.65 bits per heavy atom. The molecule has 0 fully saturated rings. The van der Waals surface area contributed by atoms with Crippen LogP contribution in [0.1, 0.15) is 63.4 Å². The van der Waals surface area contributed by atoms with Crippen molar-refractivity contribution in [2.24, 2.45) is 0 Å². The van der Waals surface area contributed by atoms with Crippen molar-refractivity contribution in [1.82, 2.24) is 20.5 Å². The Labute approximate surface area is 102 Å². The summed E-state index contributed by atoms with van der Waals surface area (Å²) in [4.78, 5) is 16.1. The SMILES string of the molecule is CCCc1nc(C(=O)NC(C)(C)CCC)n[nH]1. The fourth-order valence-corrected chi connectivity index (χ4v) is 1.80. The smallest absolute Gasteiger partial charge is 0.291 e. The van der Waals surface area contributed by atoms with Crippen LogP contribution in [0.25, 0.3) is 0 Å². The number of hydrogen-bond acceptors (Lipinski definition) is 3. The molecule has 1 aromatic heterocycles. The van der Waals surface area contributed by atoms with Gasteiger partial charge in [-0.3, -0.25) is 9.89 Å². The molecule has 1 aromatic rings. The molecule has 1 rings (SSSR count). The van der Waals surface area contributed by atoms with Gasteiger partial charge in [0.25, 0.3) is 5.91 Å². The van der Waals surface area contributed by atoms with Crippen LogP contribution in [0, 0.1) is 0 Å². The molecule has 0 aromatic carbocycles. The van der Waals surface area contributed by atoms with Crippen molar-refractivity contribution in [3.05, 3.63) is 11.6 Å². The molecule has 17 heavy (non-hydrogen) atoms.